The number of hydrogen-bond donors (Lipinski definition) is 3. The van der Waals surface area contributed by atoms with Crippen LogP contribution in [0, 0.1) is 11.7 Å². The average Bonchev–Trinajstić information content (AvgIpc) is 3.76. The summed E-state index contributed by atoms with van der Waals surface area (Å²) in [5, 5.41) is 6.07. The molecular weight excluding hydrogens is 629 g/mol. The number of anilines is 2. The molecule has 5 rings (SSSR count). The zero-order valence-electron chi connectivity index (χ0n) is 26.5. The van der Waals surface area contributed by atoms with E-state index in [1.165, 1.54) is 18.1 Å². The Labute approximate surface area is 278 Å². The minimum absolute atomic E-state index is 0.0449. The van der Waals surface area contributed by atoms with E-state index in [0.29, 0.717) is 34.3 Å². The van der Waals surface area contributed by atoms with Crippen molar-refractivity contribution < 1.29 is 23.3 Å². The van der Waals surface area contributed by atoms with Gasteiger partial charge in [0.2, 0.25) is 5.91 Å². The monoisotopic (exact) mass is 669 g/mol. The zero-order valence-corrected chi connectivity index (χ0v) is 28.1. The number of urea groups is 1. The number of rotatable bonds is 11. The van der Waals surface area contributed by atoms with E-state index < -0.39 is 45.4 Å². The molecule has 2 heterocycles. The van der Waals surface area contributed by atoms with Gasteiger partial charge in [-0.25, -0.2) is 9.18 Å². The van der Waals surface area contributed by atoms with Crippen molar-refractivity contribution >= 4 is 46.3 Å². The van der Waals surface area contributed by atoms with Crippen LogP contribution < -0.4 is 15.4 Å². The fourth-order valence-corrected chi connectivity index (χ4v) is 6.68. The van der Waals surface area contributed by atoms with Gasteiger partial charge >= 0.3 is 6.03 Å². The Bertz CT molecular complexity index is 1520. The topological polar surface area (TPSA) is 119 Å². The summed E-state index contributed by atoms with van der Waals surface area (Å²) >= 11 is 4.47. The van der Waals surface area contributed by atoms with Crippen molar-refractivity contribution in [3.63, 3.8) is 0 Å². The summed E-state index contributed by atoms with van der Waals surface area (Å²) in [6.07, 6.45) is 5.26. The van der Waals surface area contributed by atoms with E-state index in [1.54, 1.807) is 42.6 Å². The number of likely N-dealkylation sites (tertiary alicyclic amines) is 1. The second-order valence-corrected chi connectivity index (χ2v) is 15.4. The first-order valence-corrected chi connectivity index (χ1v) is 17.0. The first-order valence-electron chi connectivity index (χ1n) is 15.5. The summed E-state index contributed by atoms with van der Waals surface area (Å²) < 4.78 is 37.4. The maximum Gasteiger partial charge on any atom is 0.322 e. The molecule has 1 saturated carbocycles. The molecule has 0 radical (unpaired) electrons. The van der Waals surface area contributed by atoms with Gasteiger partial charge in [0.25, 0.3) is 0 Å². The molecule has 0 bridgehead atoms. The van der Waals surface area contributed by atoms with Crippen LogP contribution in [-0.2, 0) is 26.4 Å². The molecule has 1 aliphatic heterocycles. The predicted octanol–water partition coefficient (Wildman–Crippen LogP) is 6.62. The Morgan fingerprint density at radius 1 is 1.11 bits per heavy atom. The van der Waals surface area contributed by atoms with E-state index in [-0.39, 0.29) is 24.8 Å². The largest absolute Gasteiger partial charge is 0.598 e. The normalized spacial score (nSPS) is 20.2. The lowest BCUT2D eigenvalue weighted by molar-refractivity contribution is -0.119. The minimum Gasteiger partial charge on any atom is -0.598 e. The summed E-state index contributed by atoms with van der Waals surface area (Å²) in [6.45, 7) is 5.85. The SMILES string of the molecule is CO[C@@H]1C[C@H](C(=O)Nc2cc(C(CCC3CC3)(N[S@@+]([O-])C(C)(C)C)c3ccccn3)ccc2F)N(C(=O)Nc2ccc(Cl)cc2)C1. The molecule has 4 atom stereocenters. The van der Waals surface area contributed by atoms with Crippen molar-refractivity contribution in [3.05, 3.63) is 89.0 Å². The molecule has 9 nitrogen and oxygen atoms in total. The number of nitrogens with zero attached hydrogens (tertiary/aromatic N) is 2. The molecule has 46 heavy (non-hydrogen) atoms. The lowest BCUT2D eigenvalue weighted by Gasteiger charge is -2.38. The third-order valence-corrected chi connectivity index (χ3v) is 10.4. The van der Waals surface area contributed by atoms with Gasteiger partial charge in [-0.05, 0) is 93.6 Å². The minimum atomic E-state index is -1.50. The van der Waals surface area contributed by atoms with Gasteiger partial charge in [0, 0.05) is 48.3 Å². The van der Waals surface area contributed by atoms with Crippen molar-refractivity contribution in [3.8, 4) is 0 Å². The molecule has 2 aliphatic rings. The summed E-state index contributed by atoms with van der Waals surface area (Å²) in [5.41, 5.74) is 0.733. The van der Waals surface area contributed by atoms with Crippen LogP contribution in [0.4, 0.5) is 20.6 Å². The molecule has 3 N–H and O–H groups in total. The van der Waals surface area contributed by atoms with Gasteiger partial charge in [-0.1, -0.05) is 36.6 Å². The molecule has 246 valence electrons. The number of methoxy groups -OCH3 is 1. The highest BCUT2D eigenvalue weighted by atomic mass is 35.5. The van der Waals surface area contributed by atoms with Gasteiger partial charge in [-0.3, -0.25) is 9.78 Å². The van der Waals surface area contributed by atoms with E-state index in [4.69, 9.17) is 16.3 Å². The fraction of sp³-hybridized carbons (Fsp3) is 0.441. The van der Waals surface area contributed by atoms with E-state index >= 15 is 4.39 Å². The first-order chi connectivity index (χ1) is 21.9. The van der Waals surface area contributed by atoms with E-state index in [1.807, 2.05) is 39.0 Å². The molecule has 2 fully saturated rings. The molecule has 1 aliphatic carbocycles. The fourth-order valence-electron chi connectivity index (χ4n) is 5.61. The van der Waals surface area contributed by atoms with Gasteiger partial charge in [0.05, 0.1) is 17.5 Å². The van der Waals surface area contributed by atoms with Crippen molar-refractivity contribution in [1.82, 2.24) is 14.6 Å². The van der Waals surface area contributed by atoms with Crippen LogP contribution in [0.5, 0.6) is 0 Å². The van der Waals surface area contributed by atoms with Crippen LogP contribution in [0.3, 0.4) is 0 Å². The van der Waals surface area contributed by atoms with Crippen LogP contribution in [0.2, 0.25) is 5.02 Å². The Hall–Kier alpha value is -3.22. The number of ether oxygens (including phenoxy) is 1. The Morgan fingerprint density at radius 2 is 1.85 bits per heavy atom. The molecular formula is C34H41ClFN5O4S. The van der Waals surface area contributed by atoms with Crippen LogP contribution in [0.15, 0.2) is 66.9 Å². The number of carbonyl (C=O) groups is 2. The lowest BCUT2D eigenvalue weighted by Crippen LogP contribution is -2.52. The van der Waals surface area contributed by atoms with Crippen molar-refractivity contribution in [2.75, 3.05) is 24.3 Å². The summed E-state index contributed by atoms with van der Waals surface area (Å²) in [7, 11) is 1.52. The Balaban J connectivity index is 1.45. The average molecular weight is 670 g/mol. The molecule has 3 aromatic rings. The van der Waals surface area contributed by atoms with Gasteiger partial charge in [-0.2, -0.15) is 0 Å². The molecule has 12 heteroatoms. The molecule has 1 unspecified atom stereocenters. The lowest BCUT2D eigenvalue weighted by atomic mass is 9.82. The third kappa shape index (κ3) is 8.01. The zero-order chi connectivity index (χ0) is 33.1. The van der Waals surface area contributed by atoms with E-state index in [9.17, 15) is 14.1 Å². The molecule has 1 saturated heterocycles. The second-order valence-electron chi connectivity index (χ2n) is 13.0. The highest BCUT2D eigenvalue weighted by Gasteiger charge is 2.45. The highest BCUT2D eigenvalue weighted by molar-refractivity contribution is 7.90. The number of benzene rings is 2. The third-order valence-electron chi connectivity index (χ3n) is 8.52. The maximum absolute atomic E-state index is 15.5. The molecule has 2 aromatic carbocycles. The molecule has 3 amide bonds. The van der Waals surface area contributed by atoms with Crippen molar-refractivity contribution in [1.29, 1.82) is 0 Å². The number of pyridine rings is 1. The quantitative estimate of drug-likeness (QED) is 0.198. The van der Waals surface area contributed by atoms with Gasteiger partial charge in [0.1, 0.15) is 22.1 Å². The number of carbonyl (C=O) groups excluding carboxylic acids is 2. The summed E-state index contributed by atoms with van der Waals surface area (Å²) in [4.78, 5) is 33.1. The first kappa shape index (κ1) is 34.1. The summed E-state index contributed by atoms with van der Waals surface area (Å²) in [6, 6.07) is 15.3. The summed E-state index contributed by atoms with van der Waals surface area (Å²) in [5.74, 6) is -0.618. The van der Waals surface area contributed by atoms with Gasteiger partial charge in [-0.15, -0.1) is 4.72 Å². The van der Waals surface area contributed by atoms with Crippen molar-refractivity contribution in [2.24, 2.45) is 5.92 Å². The number of halogens is 2. The maximum atomic E-state index is 15.5. The number of nitrogens with one attached hydrogen (secondary N) is 3. The smallest absolute Gasteiger partial charge is 0.322 e. The van der Waals surface area contributed by atoms with Gasteiger partial charge < -0.3 is 24.8 Å². The molecule has 0 spiro atoms. The van der Waals surface area contributed by atoms with E-state index in [0.717, 1.165) is 19.3 Å². The number of aromatic nitrogens is 1. The number of amides is 3. The van der Waals surface area contributed by atoms with Crippen LogP contribution in [-0.4, -0.2) is 56.9 Å². The number of hydrogen-bond acceptors (Lipinski definition) is 6. The van der Waals surface area contributed by atoms with Crippen molar-refractivity contribution in [2.45, 2.75) is 75.3 Å². The second kappa shape index (κ2) is 14.3. The Morgan fingerprint density at radius 3 is 2.48 bits per heavy atom. The van der Waals surface area contributed by atoms with E-state index in [2.05, 4.69) is 20.3 Å². The van der Waals surface area contributed by atoms with Crippen LogP contribution in [0.25, 0.3) is 0 Å². The predicted molar refractivity (Wildman–Crippen MR) is 179 cm³/mol. The molecule has 1 aromatic heterocycles. The van der Waals surface area contributed by atoms with Crippen LogP contribution in [0.1, 0.15) is 64.1 Å². The van der Waals surface area contributed by atoms with Gasteiger partial charge in [0.15, 0.2) is 0 Å². The van der Waals surface area contributed by atoms with Crippen LogP contribution >= 0.6 is 11.6 Å². The highest BCUT2D eigenvalue weighted by Crippen LogP contribution is 2.42. The Kier molecular flexibility index (Phi) is 10.6. The standard InChI is InChI=1S/C34H41ClFN5O4S/c1-33(2,3)46(44)40-34(17-16-22-8-9-22,30-7-5-6-18-37-30)23-10-15-27(36)28(19-23)39-31(42)29-20-26(45-4)21-41(29)32(43)38-25-13-11-24(35)12-14-25/h5-7,10-15,18-19,22,26,29,40H,8-9,16-17,20-21H2,1-4H3,(H,38,43)(H,39,42)/t26-,29-,34?,46+/m1/s1.